The first-order valence-corrected chi connectivity index (χ1v) is 9.43. The topological polar surface area (TPSA) is 34.9 Å². The molecule has 4 aromatic rings. The molecule has 0 amide bonds. The van der Waals surface area contributed by atoms with E-state index in [0.29, 0.717) is 11.3 Å². The van der Waals surface area contributed by atoms with E-state index >= 15 is 0 Å². The van der Waals surface area contributed by atoms with Gasteiger partial charge in [-0.05, 0) is 41.7 Å². The number of aromatic nitrogens is 2. The monoisotopic (exact) mass is 352 g/mol. The highest BCUT2D eigenvalue weighted by molar-refractivity contribution is 5.78. The lowest BCUT2D eigenvalue weighted by atomic mass is 9.95. The molecule has 0 saturated carbocycles. The molecule has 0 bridgehead atoms. The molecule has 0 spiro atoms. The normalized spacial score (nSPS) is 15.8. The van der Waals surface area contributed by atoms with Crippen LogP contribution in [0.5, 0.6) is 0 Å². The maximum atomic E-state index is 12.4. The van der Waals surface area contributed by atoms with Crippen LogP contribution in [0.1, 0.15) is 23.7 Å². The van der Waals surface area contributed by atoms with Crippen LogP contribution in [0.15, 0.2) is 83.7 Å². The van der Waals surface area contributed by atoms with Gasteiger partial charge in [0.1, 0.15) is 5.82 Å². The molecule has 3 nitrogen and oxygen atoms in total. The van der Waals surface area contributed by atoms with E-state index in [4.69, 9.17) is 0 Å². The highest BCUT2D eigenvalue weighted by Gasteiger charge is 2.26. The van der Waals surface area contributed by atoms with Crippen LogP contribution in [0.4, 0.5) is 0 Å². The Kier molecular flexibility index (Phi) is 3.86. The minimum atomic E-state index is -0.108. The molecule has 0 N–H and O–H groups in total. The van der Waals surface area contributed by atoms with E-state index in [1.807, 2.05) is 30.3 Å². The highest BCUT2D eigenvalue weighted by Crippen LogP contribution is 2.32. The standard InChI is InChI=1S/C24H20N2O/c27-24-21-8-4-5-9-22(21)26-15-14-20(23(26)25-24)16-17-10-12-19(13-11-17)18-6-2-1-3-7-18/h1-13,20H,14-16H2. The molecule has 2 heterocycles. The molecule has 132 valence electrons. The summed E-state index contributed by atoms with van der Waals surface area (Å²) >= 11 is 0. The van der Waals surface area contributed by atoms with Crippen LogP contribution in [-0.4, -0.2) is 9.55 Å². The smallest absolute Gasteiger partial charge is 0.280 e. The average Bonchev–Trinajstić information content (AvgIpc) is 3.12. The van der Waals surface area contributed by atoms with Gasteiger partial charge >= 0.3 is 0 Å². The lowest BCUT2D eigenvalue weighted by molar-refractivity contribution is 0.655. The fourth-order valence-electron chi connectivity index (χ4n) is 4.14. The summed E-state index contributed by atoms with van der Waals surface area (Å²) in [7, 11) is 0. The van der Waals surface area contributed by atoms with Crippen LogP contribution in [0.3, 0.4) is 0 Å². The van der Waals surface area contributed by atoms with Gasteiger partial charge in [-0.3, -0.25) is 4.79 Å². The van der Waals surface area contributed by atoms with E-state index in [1.54, 1.807) is 0 Å². The molecule has 0 fully saturated rings. The molecule has 1 atom stereocenters. The van der Waals surface area contributed by atoms with Crippen LogP contribution in [0.2, 0.25) is 0 Å². The maximum Gasteiger partial charge on any atom is 0.280 e. The summed E-state index contributed by atoms with van der Waals surface area (Å²) in [4.78, 5) is 16.8. The molecule has 0 radical (unpaired) electrons. The van der Waals surface area contributed by atoms with Crippen molar-refractivity contribution in [1.29, 1.82) is 0 Å². The van der Waals surface area contributed by atoms with Crippen LogP contribution in [0.25, 0.3) is 22.0 Å². The first kappa shape index (κ1) is 16.0. The third kappa shape index (κ3) is 2.85. The second-order valence-corrected chi connectivity index (χ2v) is 7.20. The van der Waals surface area contributed by atoms with Gasteiger partial charge in [-0.2, -0.15) is 4.98 Å². The number of benzene rings is 3. The summed E-state index contributed by atoms with van der Waals surface area (Å²) in [5.41, 5.74) is 4.65. The highest BCUT2D eigenvalue weighted by atomic mass is 16.1. The fraction of sp³-hybridized carbons (Fsp3) is 0.167. The van der Waals surface area contributed by atoms with Gasteiger partial charge in [0.05, 0.1) is 10.9 Å². The number of fused-ring (bicyclic) bond motifs is 3. The van der Waals surface area contributed by atoms with Gasteiger partial charge in [0, 0.05) is 12.5 Å². The molecule has 1 aliphatic rings. The zero-order valence-corrected chi connectivity index (χ0v) is 15.0. The van der Waals surface area contributed by atoms with Gasteiger partial charge < -0.3 is 4.57 Å². The predicted octanol–water partition coefficient (Wildman–Crippen LogP) is 4.79. The number of hydrogen-bond acceptors (Lipinski definition) is 2. The molecule has 3 heteroatoms. The second-order valence-electron chi connectivity index (χ2n) is 7.20. The molecule has 1 aromatic heterocycles. The van der Waals surface area contributed by atoms with Gasteiger partial charge in [0.25, 0.3) is 5.56 Å². The number of nitrogens with zero attached hydrogens (tertiary/aromatic N) is 2. The van der Waals surface area contributed by atoms with Gasteiger partial charge in [-0.25, -0.2) is 0 Å². The third-order valence-electron chi connectivity index (χ3n) is 5.53. The number of aryl methyl sites for hydroxylation is 1. The van der Waals surface area contributed by atoms with E-state index in [1.165, 1.54) is 16.7 Å². The zero-order chi connectivity index (χ0) is 18.2. The molecule has 5 rings (SSSR count). The van der Waals surface area contributed by atoms with Crippen molar-refractivity contribution < 1.29 is 0 Å². The van der Waals surface area contributed by atoms with Crippen molar-refractivity contribution >= 4 is 10.9 Å². The summed E-state index contributed by atoms with van der Waals surface area (Å²) in [6.45, 7) is 0.926. The molecule has 3 aromatic carbocycles. The van der Waals surface area contributed by atoms with Crippen LogP contribution in [-0.2, 0) is 13.0 Å². The van der Waals surface area contributed by atoms with E-state index in [0.717, 1.165) is 30.7 Å². The van der Waals surface area contributed by atoms with Gasteiger partial charge in [-0.1, -0.05) is 66.7 Å². The zero-order valence-electron chi connectivity index (χ0n) is 15.0. The van der Waals surface area contributed by atoms with Crippen LogP contribution in [0, 0.1) is 0 Å². The Labute approximate surface area is 157 Å². The lowest BCUT2D eigenvalue weighted by Gasteiger charge is -2.12. The Bertz CT molecular complexity index is 1160. The number of rotatable bonds is 3. The Balaban J connectivity index is 1.44. The SMILES string of the molecule is O=c1nc2n(c3ccccc13)CCC2Cc1ccc(-c2ccccc2)cc1. The predicted molar refractivity (Wildman–Crippen MR) is 109 cm³/mol. The summed E-state index contributed by atoms with van der Waals surface area (Å²) < 4.78 is 2.22. The summed E-state index contributed by atoms with van der Waals surface area (Å²) in [5.74, 6) is 1.23. The fourth-order valence-corrected chi connectivity index (χ4v) is 4.14. The molecule has 1 aliphatic heterocycles. The van der Waals surface area contributed by atoms with Crippen LogP contribution >= 0.6 is 0 Å². The van der Waals surface area contributed by atoms with Crippen molar-refractivity contribution in [3.8, 4) is 11.1 Å². The van der Waals surface area contributed by atoms with Crippen molar-refractivity contribution in [3.63, 3.8) is 0 Å². The molecule has 1 unspecified atom stereocenters. The summed E-state index contributed by atoms with van der Waals surface area (Å²) in [6, 6.07) is 27.0. The molecule has 0 saturated heterocycles. The largest absolute Gasteiger partial charge is 0.329 e. The number of para-hydroxylation sites is 1. The molecule has 0 aliphatic carbocycles. The lowest BCUT2D eigenvalue weighted by Crippen LogP contribution is -2.16. The molecule has 27 heavy (non-hydrogen) atoms. The Morgan fingerprint density at radius 3 is 2.37 bits per heavy atom. The van der Waals surface area contributed by atoms with E-state index in [-0.39, 0.29) is 5.56 Å². The van der Waals surface area contributed by atoms with E-state index in [9.17, 15) is 4.79 Å². The maximum absolute atomic E-state index is 12.4. The quantitative estimate of drug-likeness (QED) is 0.531. The first-order chi connectivity index (χ1) is 13.3. The van der Waals surface area contributed by atoms with Crippen molar-refractivity contribution in [2.45, 2.75) is 25.3 Å². The van der Waals surface area contributed by atoms with E-state index in [2.05, 4.69) is 58.1 Å². The van der Waals surface area contributed by atoms with Crippen molar-refractivity contribution in [2.24, 2.45) is 0 Å². The summed E-state index contributed by atoms with van der Waals surface area (Å²) in [6.07, 6.45) is 1.95. The van der Waals surface area contributed by atoms with Crippen molar-refractivity contribution in [1.82, 2.24) is 9.55 Å². The molecular weight excluding hydrogens is 332 g/mol. The third-order valence-corrected chi connectivity index (χ3v) is 5.53. The minimum absolute atomic E-state index is 0.108. The van der Waals surface area contributed by atoms with Crippen molar-refractivity contribution in [3.05, 3.63) is 101 Å². The van der Waals surface area contributed by atoms with Gasteiger partial charge in [0.2, 0.25) is 0 Å². The van der Waals surface area contributed by atoms with Crippen LogP contribution < -0.4 is 5.56 Å². The average molecular weight is 352 g/mol. The minimum Gasteiger partial charge on any atom is -0.329 e. The molecular formula is C24H20N2O. The Hall–Kier alpha value is -3.20. The Morgan fingerprint density at radius 2 is 1.56 bits per heavy atom. The second kappa shape index (κ2) is 6.51. The van der Waals surface area contributed by atoms with Crippen molar-refractivity contribution in [2.75, 3.05) is 0 Å². The Morgan fingerprint density at radius 1 is 0.852 bits per heavy atom. The van der Waals surface area contributed by atoms with E-state index < -0.39 is 0 Å². The first-order valence-electron chi connectivity index (χ1n) is 9.43. The van der Waals surface area contributed by atoms with Gasteiger partial charge in [-0.15, -0.1) is 0 Å². The number of hydrogen-bond donors (Lipinski definition) is 0. The summed E-state index contributed by atoms with van der Waals surface area (Å²) in [5, 5.41) is 0.717. The van der Waals surface area contributed by atoms with Gasteiger partial charge in [0.15, 0.2) is 0 Å².